The Kier molecular flexibility index (Phi) is 4.50. The summed E-state index contributed by atoms with van der Waals surface area (Å²) in [5.74, 6) is -0.409. The number of esters is 1. The van der Waals surface area contributed by atoms with E-state index in [1.165, 1.54) is 9.95 Å². The Labute approximate surface area is 156 Å². The van der Waals surface area contributed by atoms with Gasteiger partial charge < -0.3 is 4.74 Å². The third kappa shape index (κ3) is 3.24. The van der Waals surface area contributed by atoms with Crippen LogP contribution in [0.3, 0.4) is 0 Å². The Bertz CT molecular complexity index is 1190. The number of benzene rings is 3. The van der Waals surface area contributed by atoms with E-state index in [1.807, 2.05) is 42.5 Å². The van der Waals surface area contributed by atoms with E-state index >= 15 is 0 Å². The maximum Gasteiger partial charge on any atom is 0.329 e. The van der Waals surface area contributed by atoms with E-state index in [2.05, 4.69) is 24.3 Å². The van der Waals surface area contributed by atoms with Crippen LogP contribution in [-0.4, -0.2) is 21.7 Å². The molecule has 0 atom stereocenters. The normalized spacial score (nSPS) is 11.1. The van der Waals surface area contributed by atoms with Crippen LogP contribution in [0.1, 0.15) is 12.5 Å². The van der Waals surface area contributed by atoms with Gasteiger partial charge in [-0.25, -0.2) is 4.79 Å². The van der Waals surface area contributed by atoms with Gasteiger partial charge in [-0.2, -0.15) is 0 Å². The zero-order valence-electron chi connectivity index (χ0n) is 15.1. The molecule has 4 rings (SSSR count). The lowest BCUT2D eigenvalue weighted by Gasteiger charge is -2.06. The molecule has 0 aliphatic carbocycles. The number of aromatic nitrogens is 2. The van der Waals surface area contributed by atoms with Gasteiger partial charge in [0.1, 0.15) is 6.54 Å². The van der Waals surface area contributed by atoms with Gasteiger partial charge in [-0.3, -0.25) is 13.9 Å². The van der Waals surface area contributed by atoms with Crippen molar-refractivity contribution < 1.29 is 9.53 Å². The summed E-state index contributed by atoms with van der Waals surface area (Å²) in [7, 11) is 0. The van der Waals surface area contributed by atoms with Crippen molar-refractivity contribution in [1.82, 2.24) is 9.13 Å². The highest BCUT2D eigenvalue weighted by Gasteiger charge is 2.16. The first-order valence-electron chi connectivity index (χ1n) is 8.98. The van der Waals surface area contributed by atoms with Crippen molar-refractivity contribution in [2.45, 2.75) is 20.0 Å². The number of carbonyl (C=O) groups excluding carboxylic acids is 1. The molecular formula is C22H20N2O3. The molecular weight excluding hydrogens is 340 g/mol. The molecule has 0 spiro atoms. The minimum atomic E-state index is -0.409. The largest absolute Gasteiger partial charge is 0.465 e. The first-order valence-corrected chi connectivity index (χ1v) is 8.98. The van der Waals surface area contributed by atoms with Crippen LogP contribution in [0.2, 0.25) is 0 Å². The molecule has 0 bridgehead atoms. The number of fused-ring (bicyclic) bond motifs is 2. The van der Waals surface area contributed by atoms with E-state index in [0.29, 0.717) is 13.2 Å². The van der Waals surface area contributed by atoms with Crippen LogP contribution >= 0.6 is 0 Å². The summed E-state index contributed by atoms with van der Waals surface area (Å²) >= 11 is 0. The highest BCUT2D eigenvalue weighted by Crippen LogP contribution is 2.18. The molecule has 0 aliphatic rings. The SMILES string of the molecule is CCOC(=O)Cn1c(=O)n(Cc2ccc3ccccc3c2)c2ccccc21. The fourth-order valence-corrected chi connectivity index (χ4v) is 3.43. The second-order valence-electron chi connectivity index (χ2n) is 6.43. The zero-order valence-corrected chi connectivity index (χ0v) is 15.1. The number of hydrogen-bond donors (Lipinski definition) is 0. The van der Waals surface area contributed by atoms with Gasteiger partial charge in [0.05, 0.1) is 24.2 Å². The van der Waals surface area contributed by atoms with Crippen molar-refractivity contribution in [2.75, 3.05) is 6.61 Å². The Hall–Kier alpha value is -3.34. The van der Waals surface area contributed by atoms with E-state index in [4.69, 9.17) is 4.74 Å². The number of ether oxygens (including phenoxy) is 1. The summed E-state index contributed by atoms with van der Waals surface area (Å²) < 4.78 is 8.21. The predicted molar refractivity (Wildman–Crippen MR) is 106 cm³/mol. The highest BCUT2D eigenvalue weighted by atomic mass is 16.5. The number of carbonyl (C=O) groups is 1. The van der Waals surface area contributed by atoms with E-state index in [0.717, 1.165) is 22.0 Å². The fraction of sp³-hybridized carbons (Fsp3) is 0.182. The Morgan fingerprint density at radius 1 is 0.889 bits per heavy atom. The van der Waals surface area contributed by atoms with Crippen molar-refractivity contribution in [3.63, 3.8) is 0 Å². The topological polar surface area (TPSA) is 53.2 Å². The van der Waals surface area contributed by atoms with Gasteiger partial charge in [0.25, 0.3) is 0 Å². The molecule has 0 aliphatic heterocycles. The lowest BCUT2D eigenvalue weighted by Crippen LogP contribution is -2.28. The van der Waals surface area contributed by atoms with Gasteiger partial charge in [-0.15, -0.1) is 0 Å². The summed E-state index contributed by atoms with van der Waals surface area (Å²) in [4.78, 5) is 24.9. The monoisotopic (exact) mass is 360 g/mol. The van der Waals surface area contributed by atoms with Gasteiger partial charge in [0, 0.05) is 0 Å². The van der Waals surface area contributed by atoms with Crippen LogP contribution in [-0.2, 0) is 22.6 Å². The molecule has 0 saturated carbocycles. The molecule has 4 aromatic rings. The Morgan fingerprint density at radius 2 is 1.56 bits per heavy atom. The number of rotatable bonds is 5. The van der Waals surface area contributed by atoms with Crippen molar-refractivity contribution in [2.24, 2.45) is 0 Å². The van der Waals surface area contributed by atoms with E-state index < -0.39 is 5.97 Å². The molecule has 1 heterocycles. The average molecular weight is 360 g/mol. The zero-order chi connectivity index (χ0) is 18.8. The molecule has 0 unspecified atom stereocenters. The highest BCUT2D eigenvalue weighted by molar-refractivity contribution is 5.83. The molecule has 0 saturated heterocycles. The van der Waals surface area contributed by atoms with Crippen LogP contribution in [0.4, 0.5) is 0 Å². The van der Waals surface area contributed by atoms with Crippen LogP contribution in [0.5, 0.6) is 0 Å². The summed E-state index contributed by atoms with van der Waals surface area (Å²) in [5, 5.41) is 2.30. The predicted octanol–water partition coefficient (Wildman–Crippen LogP) is 3.57. The van der Waals surface area contributed by atoms with Gasteiger partial charge in [0.2, 0.25) is 0 Å². The van der Waals surface area contributed by atoms with Gasteiger partial charge in [0.15, 0.2) is 0 Å². The van der Waals surface area contributed by atoms with Crippen molar-refractivity contribution >= 4 is 27.8 Å². The summed E-state index contributed by atoms with van der Waals surface area (Å²) in [6.45, 7) is 2.41. The van der Waals surface area contributed by atoms with Crippen molar-refractivity contribution in [1.29, 1.82) is 0 Å². The smallest absolute Gasteiger partial charge is 0.329 e. The molecule has 27 heavy (non-hydrogen) atoms. The number of hydrogen-bond acceptors (Lipinski definition) is 3. The lowest BCUT2D eigenvalue weighted by molar-refractivity contribution is -0.143. The molecule has 1 aromatic heterocycles. The maximum absolute atomic E-state index is 13.0. The molecule has 136 valence electrons. The summed E-state index contributed by atoms with van der Waals surface area (Å²) in [5.41, 5.74) is 2.36. The molecule has 3 aromatic carbocycles. The van der Waals surface area contributed by atoms with Gasteiger partial charge >= 0.3 is 11.7 Å². The number of imidazole rings is 1. The minimum absolute atomic E-state index is 0.0854. The first-order chi connectivity index (χ1) is 13.2. The Morgan fingerprint density at radius 3 is 2.30 bits per heavy atom. The number of nitrogens with zero attached hydrogens (tertiary/aromatic N) is 2. The molecule has 0 radical (unpaired) electrons. The Balaban J connectivity index is 1.77. The van der Waals surface area contributed by atoms with E-state index in [9.17, 15) is 9.59 Å². The summed E-state index contributed by atoms with van der Waals surface area (Å²) in [6.07, 6.45) is 0. The van der Waals surface area contributed by atoms with Crippen LogP contribution in [0.25, 0.3) is 21.8 Å². The quantitative estimate of drug-likeness (QED) is 0.511. The number of para-hydroxylation sites is 2. The van der Waals surface area contributed by atoms with Crippen molar-refractivity contribution in [3.05, 3.63) is 82.8 Å². The average Bonchev–Trinajstić information content (AvgIpc) is 2.94. The third-order valence-corrected chi connectivity index (χ3v) is 4.67. The third-order valence-electron chi connectivity index (χ3n) is 4.67. The lowest BCUT2D eigenvalue weighted by atomic mass is 10.1. The molecule has 0 fully saturated rings. The molecule has 5 nitrogen and oxygen atoms in total. The second kappa shape index (κ2) is 7.11. The molecule has 0 amide bonds. The van der Waals surface area contributed by atoms with E-state index in [1.54, 1.807) is 11.5 Å². The fourth-order valence-electron chi connectivity index (χ4n) is 3.43. The first kappa shape index (κ1) is 17.1. The maximum atomic E-state index is 13.0. The molecule has 5 heteroatoms. The van der Waals surface area contributed by atoms with Crippen LogP contribution in [0, 0.1) is 0 Å². The standard InChI is InChI=1S/C22H20N2O3/c1-2-27-21(25)15-24-20-10-6-5-9-19(20)23(22(24)26)14-16-11-12-17-7-3-4-8-18(17)13-16/h3-13H,2,14-15H2,1H3. The van der Waals surface area contributed by atoms with Crippen molar-refractivity contribution in [3.8, 4) is 0 Å². The van der Waals surface area contributed by atoms with Crippen LogP contribution in [0.15, 0.2) is 71.5 Å². The second-order valence-corrected chi connectivity index (χ2v) is 6.43. The van der Waals surface area contributed by atoms with Crippen LogP contribution < -0.4 is 5.69 Å². The summed E-state index contributed by atoms with van der Waals surface area (Å²) in [6, 6.07) is 21.9. The van der Waals surface area contributed by atoms with Gasteiger partial charge in [-0.1, -0.05) is 48.5 Å². The van der Waals surface area contributed by atoms with Gasteiger partial charge in [-0.05, 0) is 41.5 Å². The molecule has 0 N–H and O–H groups in total. The van der Waals surface area contributed by atoms with E-state index in [-0.39, 0.29) is 12.2 Å². The minimum Gasteiger partial charge on any atom is -0.465 e.